The third kappa shape index (κ3) is 35.5. The van der Waals surface area contributed by atoms with Crippen LogP contribution in [-0.2, 0) is 19.1 Å². The summed E-state index contributed by atoms with van der Waals surface area (Å²) in [6.45, 7) is 3.82. The van der Waals surface area contributed by atoms with Gasteiger partial charge in [-0.25, -0.2) is 0 Å². The number of hydrogen-bond acceptors (Lipinski definition) is 5. The number of ether oxygens (including phenoxy) is 2. The summed E-state index contributed by atoms with van der Waals surface area (Å²) in [4.78, 5) is 24.2. The van der Waals surface area contributed by atoms with E-state index in [0.29, 0.717) is 12.8 Å². The molecule has 47 heavy (non-hydrogen) atoms. The van der Waals surface area contributed by atoms with Crippen LogP contribution < -0.4 is 0 Å². The van der Waals surface area contributed by atoms with Gasteiger partial charge in [0.25, 0.3) is 0 Å². The van der Waals surface area contributed by atoms with E-state index in [1.54, 1.807) is 0 Å². The molecular weight excluding hydrogens is 584 g/mol. The van der Waals surface area contributed by atoms with Crippen molar-refractivity contribution in [1.29, 1.82) is 0 Å². The molecule has 0 aromatic rings. The highest BCUT2D eigenvalue weighted by Gasteiger charge is 2.16. The van der Waals surface area contributed by atoms with E-state index < -0.39 is 6.10 Å². The van der Waals surface area contributed by atoms with E-state index in [0.717, 1.165) is 109 Å². The van der Waals surface area contributed by atoms with Crippen molar-refractivity contribution in [3.8, 4) is 0 Å². The molecule has 0 aromatic heterocycles. The van der Waals surface area contributed by atoms with Gasteiger partial charge in [-0.15, -0.1) is 0 Å². The molecular formula is C42H66O5. The van der Waals surface area contributed by atoms with E-state index in [-0.39, 0.29) is 25.2 Å². The number of unbranched alkanes of at least 4 members (excludes halogenated alkanes) is 9. The molecule has 0 bridgehead atoms. The largest absolute Gasteiger partial charge is 0.462 e. The van der Waals surface area contributed by atoms with Gasteiger partial charge in [0.05, 0.1) is 6.61 Å². The number of aliphatic hydroxyl groups is 1. The van der Waals surface area contributed by atoms with Crippen LogP contribution in [0.4, 0.5) is 0 Å². The predicted molar refractivity (Wildman–Crippen MR) is 200 cm³/mol. The van der Waals surface area contributed by atoms with Crippen LogP contribution in [0, 0.1) is 0 Å². The maximum absolute atomic E-state index is 12.1. The summed E-state index contributed by atoms with van der Waals surface area (Å²) < 4.78 is 10.5. The quantitative estimate of drug-likeness (QED) is 0.0350. The van der Waals surface area contributed by atoms with Crippen molar-refractivity contribution in [3.05, 3.63) is 97.2 Å². The van der Waals surface area contributed by atoms with E-state index >= 15 is 0 Å². The summed E-state index contributed by atoms with van der Waals surface area (Å²) in [6, 6.07) is 0. The lowest BCUT2D eigenvalue weighted by molar-refractivity contribution is -0.161. The van der Waals surface area contributed by atoms with Crippen molar-refractivity contribution in [2.75, 3.05) is 13.2 Å². The number of aliphatic hydroxyl groups excluding tert-OH is 1. The molecule has 0 aliphatic carbocycles. The Kier molecular flexibility index (Phi) is 34.8. The lowest BCUT2D eigenvalue weighted by Gasteiger charge is -2.15. The fourth-order valence-corrected chi connectivity index (χ4v) is 4.46. The second-order valence-corrected chi connectivity index (χ2v) is 11.6. The molecule has 0 aliphatic rings. The standard InChI is InChI=1S/C42H66O5/c1-3-5-7-9-11-13-15-17-18-19-20-21-22-23-25-27-29-31-33-35-37-42(45)47-40(38-43)39-46-41(44)36-34-32-30-28-26-24-16-14-12-10-8-6-4-2/h5-8,10-14,16-18,20-21,23,25,40,43H,3-4,9,15,19,22,24,26-39H2,1-2H3/b7-5+,8-6+,12-10+,13-11+,16-14+,18-17+,21-20+,25-23+. The normalized spacial score (nSPS) is 13.3. The Bertz CT molecular complexity index is 964. The summed E-state index contributed by atoms with van der Waals surface area (Å²) >= 11 is 0. The molecule has 0 heterocycles. The molecule has 1 N–H and O–H groups in total. The molecule has 0 fully saturated rings. The van der Waals surface area contributed by atoms with Gasteiger partial charge >= 0.3 is 11.9 Å². The first kappa shape index (κ1) is 43.8. The van der Waals surface area contributed by atoms with Crippen molar-refractivity contribution in [3.63, 3.8) is 0 Å². The van der Waals surface area contributed by atoms with Crippen LogP contribution in [0.5, 0.6) is 0 Å². The number of rotatable bonds is 31. The van der Waals surface area contributed by atoms with Crippen LogP contribution in [0.25, 0.3) is 0 Å². The van der Waals surface area contributed by atoms with Gasteiger partial charge in [0.1, 0.15) is 6.61 Å². The van der Waals surface area contributed by atoms with E-state index in [9.17, 15) is 14.7 Å². The Morgan fingerprint density at radius 2 is 0.957 bits per heavy atom. The first-order valence-electron chi connectivity index (χ1n) is 18.3. The second-order valence-electron chi connectivity index (χ2n) is 11.6. The highest BCUT2D eigenvalue weighted by atomic mass is 16.6. The third-order valence-electron chi connectivity index (χ3n) is 7.18. The van der Waals surface area contributed by atoms with Crippen molar-refractivity contribution in [1.82, 2.24) is 0 Å². The zero-order valence-electron chi connectivity index (χ0n) is 29.7. The molecule has 0 spiro atoms. The fourth-order valence-electron chi connectivity index (χ4n) is 4.46. The van der Waals surface area contributed by atoms with Gasteiger partial charge in [-0.2, -0.15) is 0 Å². The minimum Gasteiger partial charge on any atom is -0.462 e. The zero-order chi connectivity index (χ0) is 34.3. The molecule has 264 valence electrons. The van der Waals surface area contributed by atoms with Gasteiger partial charge in [-0.3, -0.25) is 9.59 Å². The lowest BCUT2D eigenvalue weighted by atomic mass is 10.1. The maximum Gasteiger partial charge on any atom is 0.306 e. The fraction of sp³-hybridized carbons (Fsp3) is 0.571. The number of carbonyl (C=O) groups is 2. The Labute approximate surface area is 288 Å². The number of hydrogen-bond donors (Lipinski definition) is 1. The molecule has 0 aliphatic heterocycles. The van der Waals surface area contributed by atoms with Gasteiger partial charge in [-0.05, 0) is 77.0 Å². The average molecular weight is 651 g/mol. The highest BCUT2D eigenvalue weighted by molar-refractivity contribution is 5.70. The van der Waals surface area contributed by atoms with Crippen molar-refractivity contribution in [2.24, 2.45) is 0 Å². The van der Waals surface area contributed by atoms with Gasteiger partial charge in [0.2, 0.25) is 0 Å². The minimum absolute atomic E-state index is 0.0939. The van der Waals surface area contributed by atoms with Gasteiger partial charge in [0.15, 0.2) is 6.10 Å². The topological polar surface area (TPSA) is 72.8 Å². The van der Waals surface area contributed by atoms with Crippen LogP contribution in [0.1, 0.15) is 136 Å². The lowest BCUT2D eigenvalue weighted by Crippen LogP contribution is -2.28. The maximum atomic E-state index is 12.1. The number of allylic oxidation sites excluding steroid dienone is 16. The van der Waals surface area contributed by atoms with Crippen LogP contribution in [-0.4, -0.2) is 36.4 Å². The van der Waals surface area contributed by atoms with E-state index in [4.69, 9.17) is 9.47 Å². The SMILES string of the molecule is CC/C=C/C=C/C=C/CCCCCCCC(=O)OCC(CO)OC(=O)CCCCCC/C=C/C/C=C/C/C=C/C/C=C/C/C=C/CC. The minimum atomic E-state index is -0.799. The van der Waals surface area contributed by atoms with E-state index in [1.807, 2.05) is 6.08 Å². The Hall–Kier alpha value is -3.18. The van der Waals surface area contributed by atoms with Crippen molar-refractivity contribution in [2.45, 2.75) is 142 Å². The van der Waals surface area contributed by atoms with Crippen LogP contribution in [0.2, 0.25) is 0 Å². The third-order valence-corrected chi connectivity index (χ3v) is 7.18. The predicted octanol–water partition coefficient (Wildman–Crippen LogP) is 11.3. The monoisotopic (exact) mass is 650 g/mol. The highest BCUT2D eigenvalue weighted by Crippen LogP contribution is 2.10. The first-order chi connectivity index (χ1) is 23.1. The van der Waals surface area contributed by atoms with Crippen LogP contribution in [0.15, 0.2) is 97.2 Å². The van der Waals surface area contributed by atoms with Crippen molar-refractivity contribution < 1.29 is 24.2 Å². The second kappa shape index (κ2) is 37.3. The summed E-state index contributed by atoms with van der Waals surface area (Å²) in [7, 11) is 0. The van der Waals surface area contributed by atoms with E-state index in [1.165, 1.54) is 0 Å². The van der Waals surface area contributed by atoms with Crippen molar-refractivity contribution >= 4 is 11.9 Å². The molecule has 0 saturated heterocycles. The Balaban J connectivity index is 3.71. The summed E-state index contributed by atoms with van der Waals surface area (Å²) in [5.41, 5.74) is 0. The zero-order valence-corrected chi connectivity index (χ0v) is 29.7. The summed E-state index contributed by atoms with van der Waals surface area (Å²) in [5, 5.41) is 9.53. The molecule has 0 aromatic carbocycles. The average Bonchev–Trinajstić information content (AvgIpc) is 3.07. The molecule has 1 unspecified atom stereocenters. The smallest absolute Gasteiger partial charge is 0.306 e. The molecule has 1 atom stereocenters. The summed E-state index contributed by atoms with van der Waals surface area (Å²) in [5.74, 6) is -0.657. The van der Waals surface area contributed by atoms with Crippen LogP contribution in [0.3, 0.4) is 0 Å². The molecule has 5 nitrogen and oxygen atoms in total. The molecule has 0 saturated carbocycles. The molecule has 5 heteroatoms. The van der Waals surface area contributed by atoms with Gasteiger partial charge in [-0.1, -0.05) is 143 Å². The van der Waals surface area contributed by atoms with E-state index in [2.05, 4.69) is 105 Å². The number of carbonyl (C=O) groups excluding carboxylic acids is 2. The van der Waals surface area contributed by atoms with Gasteiger partial charge in [0, 0.05) is 12.8 Å². The van der Waals surface area contributed by atoms with Gasteiger partial charge < -0.3 is 14.6 Å². The molecule has 0 radical (unpaired) electrons. The summed E-state index contributed by atoms with van der Waals surface area (Å²) in [6.07, 6.45) is 51.7. The van der Waals surface area contributed by atoms with Crippen LogP contribution >= 0.6 is 0 Å². The Morgan fingerprint density at radius 3 is 1.51 bits per heavy atom. The molecule has 0 amide bonds. The molecule has 0 rings (SSSR count). The number of esters is 2. The Morgan fingerprint density at radius 1 is 0.511 bits per heavy atom. The first-order valence-corrected chi connectivity index (χ1v) is 18.3.